The Morgan fingerprint density at radius 1 is 1.13 bits per heavy atom. The first-order valence-electron chi connectivity index (χ1n) is 12.0. The van der Waals surface area contributed by atoms with Crippen molar-refractivity contribution in [2.24, 2.45) is 11.7 Å². The van der Waals surface area contributed by atoms with E-state index >= 15 is 0 Å². The van der Waals surface area contributed by atoms with Crippen LogP contribution in [0.15, 0.2) is 66.9 Å². The largest absolute Gasteiger partial charge is 0.435 e. The minimum Gasteiger partial charge on any atom is -0.370 e. The molecule has 0 unspecified atom stereocenters. The fourth-order valence-corrected chi connectivity index (χ4v) is 4.37. The molecule has 0 radical (unpaired) electrons. The lowest BCUT2D eigenvalue weighted by molar-refractivity contribution is -0.140. The fourth-order valence-electron chi connectivity index (χ4n) is 4.37. The van der Waals surface area contributed by atoms with Crippen molar-refractivity contribution >= 4 is 11.7 Å². The molecule has 0 saturated heterocycles. The zero-order valence-corrected chi connectivity index (χ0v) is 20.2. The molecule has 10 heteroatoms. The van der Waals surface area contributed by atoms with E-state index in [0.29, 0.717) is 12.3 Å². The zero-order valence-electron chi connectivity index (χ0n) is 20.2. The molecule has 1 aliphatic rings. The molecule has 2 aromatic carbocycles. The molecule has 3 N–H and O–H groups in total. The van der Waals surface area contributed by atoms with Gasteiger partial charge >= 0.3 is 6.18 Å². The van der Waals surface area contributed by atoms with Crippen LogP contribution >= 0.6 is 0 Å². The summed E-state index contributed by atoms with van der Waals surface area (Å²) in [6.45, 7) is 0.843. The van der Waals surface area contributed by atoms with Gasteiger partial charge in [0.2, 0.25) is 0 Å². The van der Waals surface area contributed by atoms with Gasteiger partial charge in [-0.25, -0.2) is 9.67 Å². The van der Waals surface area contributed by atoms with Gasteiger partial charge in [-0.3, -0.25) is 4.79 Å². The molecule has 192 valence electrons. The monoisotopic (exact) mass is 516 g/mol. The van der Waals surface area contributed by atoms with Crippen molar-refractivity contribution < 1.29 is 18.0 Å². The van der Waals surface area contributed by atoms with E-state index in [0.717, 1.165) is 28.2 Å². The summed E-state index contributed by atoms with van der Waals surface area (Å²) in [5.41, 5.74) is 5.61. The number of nitrogens with zero attached hydrogens (tertiary/aromatic N) is 4. The summed E-state index contributed by atoms with van der Waals surface area (Å²) < 4.78 is 43.3. The highest BCUT2D eigenvalue weighted by atomic mass is 19.4. The van der Waals surface area contributed by atoms with Crippen molar-refractivity contribution in [1.29, 1.82) is 5.26 Å². The number of alkyl halides is 3. The van der Waals surface area contributed by atoms with Crippen molar-refractivity contribution in [3.05, 3.63) is 94.9 Å². The molecule has 1 saturated carbocycles. The Bertz CT molecular complexity index is 1550. The lowest BCUT2D eigenvalue weighted by Crippen LogP contribution is -2.18. The molecule has 1 aliphatic carbocycles. The molecule has 2 aromatic heterocycles. The first kappa shape index (κ1) is 25.0. The van der Waals surface area contributed by atoms with Crippen LogP contribution in [0.4, 0.5) is 19.0 Å². The van der Waals surface area contributed by atoms with Gasteiger partial charge in [0.05, 0.1) is 17.3 Å². The maximum absolute atomic E-state index is 14.1. The van der Waals surface area contributed by atoms with E-state index in [2.05, 4.69) is 15.4 Å². The molecule has 4 aromatic rings. The third-order valence-electron chi connectivity index (χ3n) is 6.36. The van der Waals surface area contributed by atoms with Crippen LogP contribution in [0.1, 0.15) is 45.7 Å². The topological polar surface area (TPSA) is 110 Å². The third kappa shape index (κ3) is 5.22. The SMILES string of the molecule is N#Cc1cccc(-c2c(C(F)(F)F)nn(-c3cccc(Cc4cccnc4NCC4CC4)c3)c2C(N)=O)c1. The normalized spacial score (nSPS) is 13.2. The summed E-state index contributed by atoms with van der Waals surface area (Å²) in [5, 5.41) is 16.4. The number of anilines is 1. The van der Waals surface area contributed by atoms with Crippen LogP contribution in [0.25, 0.3) is 16.8 Å². The number of halogens is 3. The van der Waals surface area contributed by atoms with Gasteiger partial charge < -0.3 is 11.1 Å². The minimum absolute atomic E-state index is 0.0225. The molecule has 0 spiro atoms. The van der Waals surface area contributed by atoms with E-state index < -0.39 is 29.0 Å². The average molecular weight is 517 g/mol. The highest BCUT2D eigenvalue weighted by molar-refractivity contribution is 5.99. The van der Waals surface area contributed by atoms with Gasteiger partial charge in [-0.05, 0) is 65.8 Å². The van der Waals surface area contributed by atoms with E-state index in [-0.39, 0.29) is 16.8 Å². The average Bonchev–Trinajstić information content (AvgIpc) is 3.63. The van der Waals surface area contributed by atoms with Crippen molar-refractivity contribution in [2.75, 3.05) is 11.9 Å². The molecular formula is C28H23F3N6O. The van der Waals surface area contributed by atoms with Gasteiger partial charge in [0.1, 0.15) is 11.5 Å². The van der Waals surface area contributed by atoms with Gasteiger partial charge in [-0.15, -0.1) is 0 Å². The van der Waals surface area contributed by atoms with Crippen molar-refractivity contribution in [1.82, 2.24) is 14.8 Å². The summed E-state index contributed by atoms with van der Waals surface area (Å²) in [6.07, 6.45) is -0.300. The van der Waals surface area contributed by atoms with E-state index in [9.17, 15) is 23.2 Å². The second-order valence-electron chi connectivity index (χ2n) is 9.22. The van der Waals surface area contributed by atoms with Crippen molar-refractivity contribution in [2.45, 2.75) is 25.4 Å². The number of pyridine rings is 1. The van der Waals surface area contributed by atoms with Crippen LogP contribution in [0.3, 0.4) is 0 Å². The van der Waals surface area contributed by atoms with Gasteiger partial charge in [-0.1, -0.05) is 30.3 Å². The summed E-state index contributed by atoms with van der Waals surface area (Å²) in [6, 6.07) is 18.0. The van der Waals surface area contributed by atoms with Crippen LogP contribution in [-0.2, 0) is 12.6 Å². The van der Waals surface area contributed by atoms with Crippen molar-refractivity contribution in [3.63, 3.8) is 0 Å². The number of hydrogen-bond donors (Lipinski definition) is 2. The van der Waals surface area contributed by atoms with Crippen LogP contribution in [-0.4, -0.2) is 27.2 Å². The van der Waals surface area contributed by atoms with E-state index in [1.165, 1.54) is 37.1 Å². The summed E-state index contributed by atoms with van der Waals surface area (Å²) in [4.78, 5) is 17.0. The first-order valence-corrected chi connectivity index (χ1v) is 12.0. The van der Waals surface area contributed by atoms with E-state index in [4.69, 9.17) is 5.73 Å². The summed E-state index contributed by atoms with van der Waals surface area (Å²) in [5.74, 6) is 0.349. The summed E-state index contributed by atoms with van der Waals surface area (Å²) >= 11 is 0. The van der Waals surface area contributed by atoms with Gasteiger partial charge in [0.25, 0.3) is 5.91 Å². The second-order valence-corrected chi connectivity index (χ2v) is 9.22. The maximum Gasteiger partial charge on any atom is 0.435 e. The van der Waals surface area contributed by atoms with Crippen LogP contribution in [0.2, 0.25) is 0 Å². The molecule has 38 heavy (non-hydrogen) atoms. The zero-order chi connectivity index (χ0) is 26.9. The second kappa shape index (κ2) is 10.0. The molecule has 0 bridgehead atoms. The number of nitrogens with two attached hydrogens (primary N) is 1. The highest BCUT2D eigenvalue weighted by Crippen LogP contribution is 2.39. The van der Waals surface area contributed by atoms with Gasteiger partial charge in [0, 0.05) is 24.7 Å². The number of aromatic nitrogens is 3. The fraction of sp³-hybridized carbons (Fsp3) is 0.214. The maximum atomic E-state index is 14.1. The number of hydrogen-bond acceptors (Lipinski definition) is 5. The predicted molar refractivity (Wildman–Crippen MR) is 135 cm³/mol. The number of rotatable bonds is 8. The lowest BCUT2D eigenvalue weighted by atomic mass is 10.00. The van der Waals surface area contributed by atoms with Gasteiger partial charge in [-0.2, -0.15) is 23.5 Å². The smallest absolute Gasteiger partial charge is 0.370 e. The van der Waals surface area contributed by atoms with E-state index in [1.807, 2.05) is 24.3 Å². The number of carbonyl (C=O) groups excluding carboxylic acids is 1. The molecule has 5 rings (SSSR count). The van der Waals surface area contributed by atoms with Gasteiger partial charge in [0.15, 0.2) is 5.69 Å². The van der Waals surface area contributed by atoms with E-state index in [1.54, 1.807) is 24.4 Å². The molecule has 7 nitrogen and oxygen atoms in total. The quantitative estimate of drug-likeness (QED) is 0.329. The van der Waals surface area contributed by atoms with Crippen LogP contribution < -0.4 is 11.1 Å². The lowest BCUT2D eigenvalue weighted by Gasteiger charge is -2.12. The Morgan fingerprint density at radius 2 is 1.92 bits per heavy atom. The third-order valence-corrected chi connectivity index (χ3v) is 6.36. The molecule has 0 atom stereocenters. The minimum atomic E-state index is -4.87. The Kier molecular flexibility index (Phi) is 6.59. The Balaban J connectivity index is 1.58. The number of amides is 1. The first-order chi connectivity index (χ1) is 18.2. The molecule has 1 amide bonds. The number of primary amides is 1. The Hall–Kier alpha value is -4.65. The molecule has 1 fully saturated rings. The number of benzene rings is 2. The van der Waals surface area contributed by atoms with Crippen LogP contribution in [0.5, 0.6) is 0 Å². The number of carbonyl (C=O) groups is 1. The predicted octanol–water partition coefficient (Wildman–Crippen LogP) is 5.34. The molecule has 2 heterocycles. The number of nitriles is 1. The highest BCUT2D eigenvalue weighted by Gasteiger charge is 2.41. The Morgan fingerprint density at radius 3 is 2.63 bits per heavy atom. The standard InChI is InChI=1S/C28H23F3N6O/c29-28(30,31)25-23(20-6-1-5-19(13-20)15-32)24(26(33)38)37(36-25)22-8-2-4-18(14-22)12-21-7-3-11-34-27(21)35-16-17-9-10-17/h1-8,11,13-14,17H,9-10,12,16H2,(H2,33,38)(H,34,35). The molecular weight excluding hydrogens is 493 g/mol. The van der Waals surface area contributed by atoms with Crippen LogP contribution in [0, 0.1) is 17.2 Å². The summed E-state index contributed by atoms with van der Waals surface area (Å²) in [7, 11) is 0. The van der Waals surface area contributed by atoms with Crippen molar-refractivity contribution in [3.8, 4) is 22.9 Å². The Labute approximate surface area is 216 Å². The number of nitrogens with one attached hydrogen (secondary N) is 1. The molecule has 0 aliphatic heterocycles.